The molecule has 2 N–H and O–H groups in total. The molecule has 0 bridgehead atoms. The molecule has 1 rings (SSSR count). The van der Waals surface area contributed by atoms with Gasteiger partial charge in [-0.1, -0.05) is 55.4 Å². The Bertz CT molecular complexity index is 818. The van der Waals surface area contributed by atoms with Gasteiger partial charge >= 0.3 is 16.3 Å². The predicted molar refractivity (Wildman–Crippen MR) is 112 cm³/mol. The molecule has 0 aliphatic carbocycles. The van der Waals surface area contributed by atoms with Gasteiger partial charge in [0, 0.05) is 6.54 Å². The summed E-state index contributed by atoms with van der Waals surface area (Å²) < 4.78 is 34.1. The minimum Gasteiger partial charge on any atom is -0.497 e. The van der Waals surface area contributed by atoms with Crippen molar-refractivity contribution >= 4 is 22.0 Å². The van der Waals surface area contributed by atoms with Gasteiger partial charge in [0.05, 0.1) is 12.8 Å². The lowest BCUT2D eigenvalue weighted by molar-refractivity contribution is 0.137. The number of rotatable bonds is 6. The van der Waals surface area contributed by atoms with E-state index in [4.69, 9.17) is 4.74 Å². The van der Waals surface area contributed by atoms with E-state index in [-0.39, 0.29) is 17.6 Å². The molecule has 0 saturated heterocycles. The molecule has 1 aromatic carbocycles. The Morgan fingerprint density at radius 3 is 2.04 bits per heavy atom. The van der Waals surface area contributed by atoms with Gasteiger partial charge in [0.15, 0.2) is 0 Å². The molecule has 0 aromatic heterocycles. The molecule has 0 radical (unpaired) electrons. The molecule has 0 atom stereocenters. The van der Waals surface area contributed by atoms with E-state index in [1.165, 1.54) is 13.2 Å². The average Bonchev–Trinajstić information content (AvgIpc) is 2.51. The van der Waals surface area contributed by atoms with Crippen molar-refractivity contribution in [2.75, 3.05) is 18.0 Å². The third-order valence-electron chi connectivity index (χ3n) is 5.37. The largest absolute Gasteiger partial charge is 0.497 e. The van der Waals surface area contributed by atoms with Crippen LogP contribution in [0.25, 0.3) is 0 Å². The zero-order valence-electron chi connectivity index (χ0n) is 18.4. The van der Waals surface area contributed by atoms with Crippen LogP contribution in [0.15, 0.2) is 18.2 Å². The Morgan fingerprint density at radius 1 is 1.11 bits per heavy atom. The molecule has 0 fully saturated rings. The lowest BCUT2D eigenvalue weighted by Gasteiger charge is -2.39. The third kappa shape index (κ3) is 5.38. The fraction of sp³-hybridized carbons (Fsp3) is 0.650. The van der Waals surface area contributed by atoms with Crippen molar-refractivity contribution in [3.05, 3.63) is 23.8 Å². The standard InChI is InChI=1S/C20H34N2O5S/c1-18(2,3)15-12-14(27-9)10-11-16(15)22(17(23)24)28(25,26)21-13-20(7,8)19(4,5)6/h10-12,21H,13H2,1-9H3,(H,23,24). The van der Waals surface area contributed by atoms with Gasteiger partial charge in [0.1, 0.15) is 5.75 Å². The molecule has 0 heterocycles. The number of nitrogens with one attached hydrogen (secondary N) is 1. The zero-order chi connectivity index (χ0) is 22.1. The maximum absolute atomic E-state index is 13.0. The molecule has 160 valence electrons. The van der Waals surface area contributed by atoms with Gasteiger partial charge < -0.3 is 9.84 Å². The summed E-state index contributed by atoms with van der Waals surface area (Å²) in [5, 5.41) is 9.74. The van der Waals surface area contributed by atoms with E-state index >= 15 is 0 Å². The highest BCUT2D eigenvalue weighted by molar-refractivity contribution is 7.91. The minimum absolute atomic E-state index is 0.0851. The summed E-state index contributed by atoms with van der Waals surface area (Å²) in [6.07, 6.45) is -1.57. The number of carboxylic acid groups (broad SMARTS) is 1. The van der Waals surface area contributed by atoms with E-state index in [0.29, 0.717) is 15.6 Å². The molecule has 0 unspecified atom stereocenters. The molecular formula is C20H34N2O5S. The summed E-state index contributed by atoms with van der Waals surface area (Å²) >= 11 is 0. The van der Waals surface area contributed by atoms with Gasteiger partial charge in [-0.25, -0.2) is 4.79 Å². The Morgan fingerprint density at radius 2 is 1.64 bits per heavy atom. The first-order chi connectivity index (χ1) is 12.4. The normalized spacial score (nSPS) is 13.3. The van der Waals surface area contributed by atoms with Crippen LogP contribution in [0.5, 0.6) is 5.75 Å². The molecule has 28 heavy (non-hydrogen) atoms. The van der Waals surface area contributed by atoms with E-state index in [9.17, 15) is 18.3 Å². The molecule has 7 nitrogen and oxygen atoms in total. The van der Waals surface area contributed by atoms with Crippen molar-refractivity contribution in [1.82, 2.24) is 4.72 Å². The molecular weight excluding hydrogens is 380 g/mol. The van der Waals surface area contributed by atoms with Crippen LogP contribution >= 0.6 is 0 Å². The number of amides is 1. The van der Waals surface area contributed by atoms with Crippen molar-refractivity contribution < 1.29 is 23.1 Å². The SMILES string of the molecule is COc1ccc(N(C(=O)O)S(=O)(=O)NCC(C)(C)C(C)(C)C)c(C(C)(C)C)c1. The Kier molecular flexibility index (Phi) is 6.85. The van der Waals surface area contributed by atoms with Crippen molar-refractivity contribution in [2.45, 2.75) is 60.8 Å². The molecule has 0 aliphatic rings. The summed E-state index contributed by atoms with van der Waals surface area (Å²) in [5.41, 5.74) is -0.439. The van der Waals surface area contributed by atoms with E-state index in [1.807, 2.05) is 55.4 Å². The first-order valence-electron chi connectivity index (χ1n) is 9.15. The maximum Gasteiger partial charge on any atom is 0.426 e. The van der Waals surface area contributed by atoms with Crippen LogP contribution in [0.2, 0.25) is 0 Å². The predicted octanol–water partition coefficient (Wildman–Crippen LogP) is 4.38. The Labute approximate surface area is 169 Å². The van der Waals surface area contributed by atoms with Gasteiger partial charge in [0.25, 0.3) is 0 Å². The van der Waals surface area contributed by atoms with Gasteiger partial charge in [0.2, 0.25) is 0 Å². The zero-order valence-corrected chi connectivity index (χ0v) is 19.2. The van der Waals surface area contributed by atoms with Gasteiger partial charge in [-0.05, 0) is 40.0 Å². The van der Waals surface area contributed by atoms with Crippen LogP contribution in [0, 0.1) is 10.8 Å². The molecule has 1 amide bonds. The molecule has 0 spiro atoms. The number of anilines is 1. The highest BCUT2D eigenvalue weighted by Gasteiger charge is 2.38. The topological polar surface area (TPSA) is 95.9 Å². The second-order valence-corrected chi connectivity index (χ2v) is 11.2. The van der Waals surface area contributed by atoms with Crippen LogP contribution in [0.4, 0.5) is 10.5 Å². The summed E-state index contributed by atoms with van der Waals surface area (Å²) in [4.78, 5) is 12.0. The van der Waals surface area contributed by atoms with E-state index in [1.54, 1.807) is 12.1 Å². The second-order valence-electron chi connectivity index (χ2n) is 9.64. The lowest BCUT2D eigenvalue weighted by atomic mass is 9.69. The number of hydrogen-bond acceptors (Lipinski definition) is 4. The van der Waals surface area contributed by atoms with Crippen LogP contribution in [0.3, 0.4) is 0 Å². The van der Waals surface area contributed by atoms with Crippen LogP contribution in [0.1, 0.15) is 61.0 Å². The molecule has 1 aromatic rings. The number of hydrogen-bond donors (Lipinski definition) is 2. The summed E-state index contributed by atoms with van der Waals surface area (Å²) in [6, 6.07) is 4.68. The lowest BCUT2D eigenvalue weighted by Crippen LogP contribution is -2.49. The van der Waals surface area contributed by atoms with Gasteiger partial charge in [-0.3, -0.25) is 0 Å². The summed E-state index contributed by atoms with van der Waals surface area (Å²) in [7, 11) is -2.82. The Balaban J connectivity index is 3.44. The number of nitrogens with zero attached hydrogens (tertiary/aromatic N) is 1. The van der Waals surface area contributed by atoms with Crippen molar-refractivity contribution in [2.24, 2.45) is 10.8 Å². The fourth-order valence-electron chi connectivity index (χ4n) is 2.36. The second kappa shape index (κ2) is 7.91. The number of methoxy groups -OCH3 is 1. The van der Waals surface area contributed by atoms with E-state index < -0.39 is 27.1 Å². The van der Waals surface area contributed by atoms with E-state index in [2.05, 4.69) is 4.72 Å². The van der Waals surface area contributed by atoms with Crippen molar-refractivity contribution in [1.29, 1.82) is 0 Å². The van der Waals surface area contributed by atoms with Crippen molar-refractivity contribution in [3.63, 3.8) is 0 Å². The highest BCUT2D eigenvalue weighted by atomic mass is 32.2. The monoisotopic (exact) mass is 414 g/mol. The van der Waals surface area contributed by atoms with Crippen LogP contribution in [-0.4, -0.2) is 33.3 Å². The van der Waals surface area contributed by atoms with Gasteiger partial charge in [-0.2, -0.15) is 17.4 Å². The van der Waals surface area contributed by atoms with Crippen LogP contribution in [-0.2, 0) is 15.6 Å². The molecule has 0 saturated carbocycles. The third-order valence-corrected chi connectivity index (χ3v) is 6.71. The number of ether oxygens (including phenoxy) is 1. The molecule has 8 heteroatoms. The summed E-state index contributed by atoms with van der Waals surface area (Å²) in [5.74, 6) is 0.526. The number of benzene rings is 1. The van der Waals surface area contributed by atoms with Crippen LogP contribution < -0.4 is 13.8 Å². The highest BCUT2D eigenvalue weighted by Crippen LogP contribution is 2.38. The Hall–Kier alpha value is -1.80. The summed E-state index contributed by atoms with van der Waals surface area (Å²) in [6.45, 7) is 15.7. The minimum atomic E-state index is -4.33. The average molecular weight is 415 g/mol. The van der Waals surface area contributed by atoms with Crippen molar-refractivity contribution in [3.8, 4) is 5.75 Å². The quantitative estimate of drug-likeness (QED) is 0.720. The first-order valence-corrected chi connectivity index (χ1v) is 10.6. The molecule has 0 aliphatic heterocycles. The first kappa shape index (κ1) is 24.2. The number of carbonyl (C=O) groups is 1. The van der Waals surface area contributed by atoms with Gasteiger partial charge in [-0.15, -0.1) is 0 Å². The smallest absolute Gasteiger partial charge is 0.426 e. The fourth-order valence-corrected chi connectivity index (χ4v) is 3.65. The van der Waals surface area contributed by atoms with E-state index in [0.717, 1.165) is 0 Å². The maximum atomic E-state index is 13.0.